The Bertz CT molecular complexity index is 505. The van der Waals surface area contributed by atoms with Crippen molar-refractivity contribution in [3.05, 3.63) is 18.2 Å². The minimum atomic E-state index is -0.500. The van der Waals surface area contributed by atoms with E-state index in [0.29, 0.717) is 31.7 Å². The molecule has 1 aliphatic heterocycles. The maximum absolute atomic E-state index is 13.2. The number of carbonyl (C=O) groups is 1. The molecule has 5 nitrogen and oxygen atoms in total. The monoisotopic (exact) mass is 315 g/mol. The van der Waals surface area contributed by atoms with Crippen molar-refractivity contribution in [2.45, 2.75) is 44.8 Å². The smallest absolute Gasteiger partial charge is 0.410 e. The zero-order chi connectivity index (χ0) is 15.7. The van der Waals surface area contributed by atoms with Gasteiger partial charge in [0.1, 0.15) is 5.60 Å². The van der Waals surface area contributed by atoms with Gasteiger partial charge in [0.25, 0.3) is 0 Å². The summed E-state index contributed by atoms with van der Waals surface area (Å²) >= 11 is 4.40. The highest BCUT2D eigenvalue weighted by Crippen LogP contribution is 2.31. The maximum atomic E-state index is 13.2. The van der Waals surface area contributed by atoms with Crippen molar-refractivity contribution >= 4 is 18.7 Å². The Hall–Kier alpha value is -1.24. The zero-order valence-electron chi connectivity index (χ0n) is 12.7. The molecule has 1 aromatic rings. The number of carbonyl (C=O) groups excluding carboxylic acids is 1. The van der Waals surface area contributed by atoms with E-state index in [1.165, 1.54) is 12.4 Å². The van der Waals surface area contributed by atoms with Gasteiger partial charge in [0.15, 0.2) is 5.82 Å². The van der Waals surface area contributed by atoms with Gasteiger partial charge in [-0.25, -0.2) is 9.18 Å². The van der Waals surface area contributed by atoms with Crippen LogP contribution in [0, 0.1) is 5.82 Å². The highest BCUT2D eigenvalue weighted by atomic mass is 32.1. The van der Waals surface area contributed by atoms with Crippen LogP contribution >= 0.6 is 12.6 Å². The summed E-state index contributed by atoms with van der Waals surface area (Å²) in [4.78, 5) is 13.7. The van der Waals surface area contributed by atoms with Gasteiger partial charge < -0.3 is 9.64 Å². The van der Waals surface area contributed by atoms with Crippen LogP contribution in [0.2, 0.25) is 0 Å². The fourth-order valence-corrected chi connectivity index (χ4v) is 2.91. The molecule has 0 aliphatic carbocycles. The Labute approximate surface area is 129 Å². The van der Waals surface area contributed by atoms with Crippen molar-refractivity contribution in [2.75, 3.05) is 18.8 Å². The third kappa shape index (κ3) is 3.70. The molecule has 2 heterocycles. The molecule has 0 bridgehead atoms. The molecule has 2 rings (SSSR count). The Morgan fingerprint density at radius 1 is 1.48 bits per heavy atom. The van der Waals surface area contributed by atoms with Crippen molar-refractivity contribution in [3.63, 3.8) is 0 Å². The second kappa shape index (κ2) is 5.87. The fourth-order valence-electron chi connectivity index (χ4n) is 2.45. The molecule has 1 amide bonds. The summed E-state index contributed by atoms with van der Waals surface area (Å²) in [6.07, 6.45) is 3.64. The van der Waals surface area contributed by atoms with Crippen molar-refractivity contribution < 1.29 is 13.9 Å². The van der Waals surface area contributed by atoms with E-state index in [1.54, 1.807) is 9.58 Å². The van der Waals surface area contributed by atoms with Gasteiger partial charge in [0.05, 0.1) is 17.9 Å². The molecule has 0 saturated carbocycles. The molecule has 0 aromatic carbocycles. The normalized spacial score (nSPS) is 18.6. The summed E-state index contributed by atoms with van der Waals surface area (Å²) < 4.78 is 20.2. The molecule has 7 heteroatoms. The highest BCUT2D eigenvalue weighted by molar-refractivity contribution is 7.80. The number of ether oxygens (including phenoxy) is 1. The quantitative estimate of drug-likeness (QED) is 0.854. The minimum Gasteiger partial charge on any atom is -0.444 e. The second-order valence-corrected chi connectivity index (χ2v) is 6.77. The number of amides is 1. The lowest BCUT2D eigenvalue weighted by molar-refractivity contribution is 0.0124. The first-order valence-corrected chi connectivity index (χ1v) is 7.68. The van der Waals surface area contributed by atoms with Crippen LogP contribution < -0.4 is 0 Å². The summed E-state index contributed by atoms with van der Waals surface area (Å²) in [6.45, 7) is 6.64. The van der Waals surface area contributed by atoms with Gasteiger partial charge in [-0.3, -0.25) is 4.68 Å². The first kappa shape index (κ1) is 16.1. The molecular formula is C14H22FN3O2S. The van der Waals surface area contributed by atoms with Gasteiger partial charge >= 0.3 is 6.09 Å². The largest absolute Gasteiger partial charge is 0.444 e. The van der Waals surface area contributed by atoms with Crippen LogP contribution in [-0.2, 0) is 10.3 Å². The number of hydrogen-bond donors (Lipinski definition) is 1. The predicted octanol–water partition coefficient (Wildman–Crippen LogP) is 2.68. The van der Waals surface area contributed by atoms with Crippen LogP contribution in [0.15, 0.2) is 12.4 Å². The van der Waals surface area contributed by atoms with E-state index in [9.17, 15) is 9.18 Å². The third-order valence-corrected chi connectivity index (χ3v) is 4.27. The lowest BCUT2D eigenvalue weighted by atomic mass is 9.89. The van der Waals surface area contributed by atoms with Crippen molar-refractivity contribution in [2.24, 2.45) is 0 Å². The molecular weight excluding hydrogens is 293 g/mol. The van der Waals surface area contributed by atoms with Crippen LogP contribution in [0.1, 0.15) is 33.6 Å². The van der Waals surface area contributed by atoms with E-state index in [-0.39, 0.29) is 17.4 Å². The molecule has 0 radical (unpaired) electrons. The fraction of sp³-hybridized carbons (Fsp3) is 0.714. The van der Waals surface area contributed by atoms with E-state index in [1.807, 2.05) is 20.8 Å². The Balaban J connectivity index is 2.03. The summed E-state index contributed by atoms with van der Waals surface area (Å²) in [7, 11) is 0. The lowest BCUT2D eigenvalue weighted by Crippen LogP contribution is -2.50. The van der Waals surface area contributed by atoms with Gasteiger partial charge in [0.2, 0.25) is 0 Å². The van der Waals surface area contributed by atoms with Gasteiger partial charge in [-0.1, -0.05) is 0 Å². The summed E-state index contributed by atoms with van der Waals surface area (Å²) in [5.41, 5.74) is -0.841. The van der Waals surface area contributed by atoms with E-state index < -0.39 is 5.60 Å². The van der Waals surface area contributed by atoms with Crippen LogP contribution in [0.4, 0.5) is 9.18 Å². The molecule has 1 aromatic heterocycles. The van der Waals surface area contributed by atoms with Crippen LogP contribution in [0.3, 0.4) is 0 Å². The standard InChI is InChI=1S/C14H22FN3O2S/c1-13(2,3)20-12(19)17-6-4-14(10-21,5-7-17)18-9-11(15)8-16-18/h8-9,21H,4-7,10H2,1-3H3. The number of thiol groups is 1. The number of nitrogens with zero attached hydrogens (tertiary/aromatic N) is 3. The molecule has 1 saturated heterocycles. The van der Waals surface area contributed by atoms with E-state index in [0.717, 1.165) is 0 Å². The second-order valence-electron chi connectivity index (χ2n) is 6.45. The number of hydrogen-bond acceptors (Lipinski definition) is 4. The van der Waals surface area contributed by atoms with Crippen molar-refractivity contribution in [1.82, 2.24) is 14.7 Å². The molecule has 118 valence electrons. The zero-order valence-corrected chi connectivity index (χ0v) is 13.6. The summed E-state index contributed by atoms with van der Waals surface area (Å²) in [5.74, 6) is 0.196. The number of likely N-dealkylation sites (tertiary alicyclic amines) is 1. The van der Waals surface area contributed by atoms with Crippen LogP contribution in [-0.4, -0.2) is 45.2 Å². The highest BCUT2D eigenvalue weighted by Gasteiger charge is 2.38. The van der Waals surface area contributed by atoms with E-state index >= 15 is 0 Å². The number of aromatic nitrogens is 2. The predicted molar refractivity (Wildman–Crippen MR) is 81.1 cm³/mol. The number of rotatable bonds is 2. The Morgan fingerprint density at radius 3 is 2.52 bits per heavy atom. The van der Waals surface area contributed by atoms with Gasteiger partial charge in [-0.05, 0) is 33.6 Å². The maximum Gasteiger partial charge on any atom is 0.410 e. The molecule has 0 spiro atoms. The number of halogens is 1. The first-order valence-electron chi connectivity index (χ1n) is 7.05. The topological polar surface area (TPSA) is 47.4 Å². The summed E-state index contributed by atoms with van der Waals surface area (Å²) in [5, 5.41) is 4.07. The Morgan fingerprint density at radius 2 is 2.10 bits per heavy atom. The van der Waals surface area contributed by atoms with Crippen molar-refractivity contribution in [3.8, 4) is 0 Å². The van der Waals surface area contributed by atoms with Gasteiger partial charge in [-0.15, -0.1) is 0 Å². The molecule has 1 aliphatic rings. The molecule has 21 heavy (non-hydrogen) atoms. The minimum absolute atomic E-state index is 0.304. The van der Waals surface area contributed by atoms with Crippen LogP contribution in [0.25, 0.3) is 0 Å². The SMILES string of the molecule is CC(C)(C)OC(=O)N1CCC(CS)(n2cc(F)cn2)CC1. The molecule has 0 atom stereocenters. The molecule has 0 unspecified atom stereocenters. The molecule has 0 N–H and O–H groups in total. The van der Waals surface area contributed by atoms with E-state index in [4.69, 9.17) is 4.74 Å². The first-order chi connectivity index (χ1) is 9.76. The number of piperidine rings is 1. The van der Waals surface area contributed by atoms with Crippen molar-refractivity contribution in [1.29, 1.82) is 0 Å². The van der Waals surface area contributed by atoms with E-state index in [2.05, 4.69) is 17.7 Å². The van der Waals surface area contributed by atoms with Gasteiger partial charge in [0, 0.05) is 18.8 Å². The average Bonchev–Trinajstić information content (AvgIpc) is 2.84. The third-order valence-electron chi connectivity index (χ3n) is 3.68. The lowest BCUT2D eigenvalue weighted by Gasteiger charge is -2.41. The van der Waals surface area contributed by atoms with Crippen LogP contribution in [0.5, 0.6) is 0 Å². The summed E-state index contributed by atoms with van der Waals surface area (Å²) in [6, 6.07) is 0. The molecule has 1 fully saturated rings. The van der Waals surface area contributed by atoms with Gasteiger partial charge in [-0.2, -0.15) is 17.7 Å². The Kier molecular flexibility index (Phi) is 4.51. The average molecular weight is 315 g/mol.